The van der Waals surface area contributed by atoms with Gasteiger partial charge in [0.2, 0.25) is 0 Å². The van der Waals surface area contributed by atoms with Gasteiger partial charge < -0.3 is 14.8 Å². The van der Waals surface area contributed by atoms with Gasteiger partial charge in [-0.05, 0) is 32.4 Å². The zero-order valence-electron chi connectivity index (χ0n) is 14.1. The lowest BCUT2D eigenvalue weighted by atomic mass is 9.80. The van der Waals surface area contributed by atoms with Crippen LogP contribution >= 0.6 is 11.6 Å². The monoisotopic (exact) mass is 349 g/mol. The summed E-state index contributed by atoms with van der Waals surface area (Å²) in [4.78, 5) is 24.9. The second-order valence-electron chi connectivity index (χ2n) is 5.37. The highest BCUT2D eigenvalue weighted by Crippen LogP contribution is 2.41. The average Bonchev–Trinajstić information content (AvgIpc) is 2.54. The minimum absolute atomic E-state index is 0.237. The van der Waals surface area contributed by atoms with Crippen molar-refractivity contribution in [2.45, 2.75) is 26.7 Å². The van der Waals surface area contributed by atoms with E-state index in [0.29, 0.717) is 33.1 Å². The third-order valence-electron chi connectivity index (χ3n) is 3.88. The van der Waals surface area contributed by atoms with Crippen LogP contribution in [0.3, 0.4) is 0 Å². The van der Waals surface area contributed by atoms with E-state index in [0.717, 1.165) is 0 Å². The van der Waals surface area contributed by atoms with Crippen LogP contribution in [0.4, 0.5) is 0 Å². The normalized spacial score (nSPS) is 17.5. The van der Waals surface area contributed by atoms with E-state index in [1.54, 1.807) is 39.0 Å². The molecule has 0 unspecified atom stereocenters. The summed E-state index contributed by atoms with van der Waals surface area (Å²) in [5, 5.41) is 3.53. The molecule has 0 spiro atoms. The Labute approximate surface area is 146 Å². The van der Waals surface area contributed by atoms with Crippen molar-refractivity contribution in [3.63, 3.8) is 0 Å². The van der Waals surface area contributed by atoms with Crippen LogP contribution in [0.15, 0.2) is 46.8 Å². The Balaban J connectivity index is 2.69. The molecule has 5 nitrogen and oxygen atoms in total. The summed E-state index contributed by atoms with van der Waals surface area (Å²) in [6.45, 7) is 5.51. The Hall–Kier alpha value is -2.27. The molecule has 24 heavy (non-hydrogen) atoms. The first-order chi connectivity index (χ1) is 11.4. The van der Waals surface area contributed by atoms with Crippen molar-refractivity contribution in [3.8, 4) is 0 Å². The predicted octanol–water partition coefficient (Wildman–Crippen LogP) is 3.31. The SMILES string of the molecule is CCOC(=O)C1=C(C)NC(C)=C(C(=O)OC)[C@@H]1c1ccccc1Cl. The average molecular weight is 350 g/mol. The highest BCUT2D eigenvalue weighted by atomic mass is 35.5. The maximum absolute atomic E-state index is 12.5. The van der Waals surface area contributed by atoms with Gasteiger partial charge in [-0.15, -0.1) is 0 Å². The van der Waals surface area contributed by atoms with Crippen molar-refractivity contribution in [1.82, 2.24) is 5.32 Å². The minimum atomic E-state index is -0.647. The van der Waals surface area contributed by atoms with Gasteiger partial charge in [0.05, 0.1) is 30.8 Å². The molecule has 0 radical (unpaired) electrons. The van der Waals surface area contributed by atoms with Crippen molar-refractivity contribution in [1.29, 1.82) is 0 Å². The third-order valence-corrected chi connectivity index (χ3v) is 4.22. The number of methoxy groups -OCH3 is 1. The fourth-order valence-corrected chi connectivity index (χ4v) is 3.12. The molecule has 0 amide bonds. The molecule has 2 rings (SSSR count). The maximum atomic E-state index is 12.5. The van der Waals surface area contributed by atoms with E-state index in [4.69, 9.17) is 21.1 Å². The van der Waals surface area contributed by atoms with Crippen LogP contribution in [-0.2, 0) is 19.1 Å². The van der Waals surface area contributed by atoms with Crippen LogP contribution in [0, 0.1) is 0 Å². The van der Waals surface area contributed by atoms with E-state index in [9.17, 15) is 9.59 Å². The number of benzene rings is 1. The van der Waals surface area contributed by atoms with Crippen LogP contribution < -0.4 is 5.32 Å². The number of hydrogen-bond donors (Lipinski definition) is 1. The number of nitrogens with one attached hydrogen (secondary N) is 1. The van der Waals surface area contributed by atoms with Gasteiger partial charge in [-0.3, -0.25) is 0 Å². The Bertz CT molecular complexity index is 736. The first-order valence-corrected chi connectivity index (χ1v) is 7.98. The highest BCUT2D eigenvalue weighted by Gasteiger charge is 2.38. The summed E-state index contributed by atoms with van der Waals surface area (Å²) < 4.78 is 10.1. The first-order valence-electron chi connectivity index (χ1n) is 7.60. The number of ether oxygens (including phenoxy) is 2. The zero-order chi connectivity index (χ0) is 17.9. The highest BCUT2D eigenvalue weighted by molar-refractivity contribution is 6.31. The molecule has 1 aromatic rings. The summed E-state index contributed by atoms with van der Waals surface area (Å²) in [7, 11) is 1.31. The number of allylic oxidation sites excluding steroid dienone is 2. The molecule has 1 atom stereocenters. The number of rotatable bonds is 4. The van der Waals surface area contributed by atoms with Crippen LogP contribution in [-0.4, -0.2) is 25.7 Å². The molecule has 6 heteroatoms. The molecule has 128 valence electrons. The smallest absolute Gasteiger partial charge is 0.336 e. The van der Waals surface area contributed by atoms with Gasteiger partial charge >= 0.3 is 11.9 Å². The molecular formula is C18H20ClNO4. The lowest BCUT2D eigenvalue weighted by molar-refractivity contribution is -0.139. The summed E-state index contributed by atoms with van der Waals surface area (Å²) >= 11 is 6.34. The summed E-state index contributed by atoms with van der Waals surface area (Å²) in [6, 6.07) is 7.12. The van der Waals surface area contributed by atoms with Gasteiger partial charge in [-0.2, -0.15) is 0 Å². The molecule has 0 aromatic heterocycles. The van der Waals surface area contributed by atoms with Crippen molar-refractivity contribution in [2.75, 3.05) is 13.7 Å². The van der Waals surface area contributed by atoms with Crippen LogP contribution in [0.25, 0.3) is 0 Å². The molecule has 1 aliphatic heterocycles. The molecular weight excluding hydrogens is 330 g/mol. The quantitative estimate of drug-likeness (QED) is 0.845. The third kappa shape index (κ3) is 3.31. The van der Waals surface area contributed by atoms with E-state index in [1.165, 1.54) is 7.11 Å². The topological polar surface area (TPSA) is 64.6 Å². The van der Waals surface area contributed by atoms with E-state index < -0.39 is 17.9 Å². The van der Waals surface area contributed by atoms with Gasteiger partial charge in [-0.25, -0.2) is 9.59 Å². The second-order valence-corrected chi connectivity index (χ2v) is 5.78. The van der Waals surface area contributed by atoms with Gasteiger partial charge in [0.15, 0.2) is 0 Å². The maximum Gasteiger partial charge on any atom is 0.336 e. The van der Waals surface area contributed by atoms with Crippen LogP contribution in [0.5, 0.6) is 0 Å². The summed E-state index contributed by atoms with van der Waals surface area (Å²) in [5.74, 6) is -1.65. The molecule has 0 bridgehead atoms. The van der Waals surface area contributed by atoms with E-state index in [-0.39, 0.29) is 6.61 Å². The summed E-state index contributed by atoms with van der Waals surface area (Å²) in [6.07, 6.45) is 0. The zero-order valence-corrected chi connectivity index (χ0v) is 14.9. The summed E-state index contributed by atoms with van der Waals surface area (Å²) in [5.41, 5.74) is 2.61. The Morgan fingerprint density at radius 1 is 1.12 bits per heavy atom. The molecule has 1 aromatic carbocycles. The van der Waals surface area contributed by atoms with E-state index >= 15 is 0 Å². The predicted molar refractivity (Wildman–Crippen MR) is 91.4 cm³/mol. The minimum Gasteiger partial charge on any atom is -0.466 e. The van der Waals surface area contributed by atoms with Crippen molar-refractivity contribution < 1.29 is 19.1 Å². The molecule has 0 saturated heterocycles. The number of carbonyl (C=O) groups is 2. The van der Waals surface area contributed by atoms with E-state index in [1.807, 2.05) is 6.07 Å². The molecule has 1 aliphatic rings. The number of carbonyl (C=O) groups excluding carboxylic acids is 2. The van der Waals surface area contributed by atoms with Gasteiger partial charge in [0.1, 0.15) is 0 Å². The number of esters is 2. The number of dihydropyridines is 1. The largest absolute Gasteiger partial charge is 0.466 e. The Morgan fingerprint density at radius 2 is 1.71 bits per heavy atom. The standard InChI is InChI=1S/C18H20ClNO4/c1-5-24-18(22)15-11(3)20-10(2)14(17(21)23-4)16(15)12-8-6-7-9-13(12)19/h6-9,16,20H,5H2,1-4H3/t16-/m0/s1. The van der Waals surface area contributed by atoms with Crippen molar-refractivity contribution in [2.24, 2.45) is 0 Å². The van der Waals surface area contributed by atoms with Crippen molar-refractivity contribution in [3.05, 3.63) is 57.4 Å². The molecule has 0 fully saturated rings. The fraction of sp³-hybridized carbons (Fsp3) is 0.333. The number of halogens is 1. The van der Waals surface area contributed by atoms with Crippen molar-refractivity contribution >= 4 is 23.5 Å². The first kappa shape index (κ1) is 18.1. The Morgan fingerprint density at radius 3 is 2.25 bits per heavy atom. The van der Waals surface area contributed by atoms with Crippen LogP contribution in [0.1, 0.15) is 32.3 Å². The van der Waals surface area contributed by atoms with Gasteiger partial charge in [-0.1, -0.05) is 29.8 Å². The molecule has 1 N–H and O–H groups in total. The van der Waals surface area contributed by atoms with E-state index in [2.05, 4.69) is 5.32 Å². The van der Waals surface area contributed by atoms with Crippen LogP contribution in [0.2, 0.25) is 5.02 Å². The Kier molecular flexibility index (Phi) is 5.67. The molecule has 0 aliphatic carbocycles. The van der Waals surface area contributed by atoms with Gasteiger partial charge in [0, 0.05) is 16.4 Å². The lowest BCUT2D eigenvalue weighted by Gasteiger charge is -2.30. The molecule has 1 heterocycles. The lowest BCUT2D eigenvalue weighted by Crippen LogP contribution is -2.32. The number of hydrogen-bond acceptors (Lipinski definition) is 5. The second kappa shape index (κ2) is 7.53. The molecule has 0 saturated carbocycles. The van der Waals surface area contributed by atoms with Gasteiger partial charge in [0.25, 0.3) is 0 Å². The fourth-order valence-electron chi connectivity index (χ4n) is 2.87.